The van der Waals surface area contributed by atoms with E-state index in [1.54, 1.807) is 0 Å². The van der Waals surface area contributed by atoms with Crippen molar-refractivity contribution in [1.82, 2.24) is 0 Å². The van der Waals surface area contributed by atoms with Gasteiger partial charge in [0.25, 0.3) is 0 Å². The lowest BCUT2D eigenvalue weighted by Crippen LogP contribution is -2.14. The van der Waals surface area contributed by atoms with Gasteiger partial charge in [-0.25, -0.2) is 0 Å². The lowest BCUT2D eigenvalue weighted by molar-refractivity contribution is 0.871. The summed E-state index contributed by atoms with van der Waals surface area (Å²) in [6.45, 7) is 4.28. The van der Waals surface area contributed by atoms with Gasteiger partial charge in [-0.3, -0.25) is 0 Å². The second kappa shape index (κ2) is 5.78. The molecule has 21 heavy (non-hydrogen) atoms. The number of aryl methyl sites for hydroxylation is 2. The molecule has 0 fully saturated rings. The fourth-order valence-electron chi connectivity index (χ4n) is 2.82. The molecule has 0 saturated carbocycles. The zero-order chi connectivity index (χ0) is 15.0. The van der Waals surface area contributed by atoms with E-state index >= 15 is 0 Å². The van der Waals surface area contributed by atoms with Crippen molar-refractivity contribution in [1.29, 1.82) is 0 Å². The third-order valence-corrected chi connectivity index (χ3v) is 5.54. The first-order valence-corrected chi connectivity index (χ1v) is 8.16. The van der Waals surface area contributed by atoms with Gasteiger partial charge in [0.1, 0.15) is 0 Å². The SMILES string of the molecule is Cc1cccc(C(N)c2ccc(C)c3ccccc23)c1I. The van der Waals surface area contributed by atoms with Crippen molar-refractivity contribution >= 4 is 33.4 Å². The summed E-state index contributed by atoms with van der Waals surface area (Å²) in [5, 5.41) is 2.54. The summed E-state index contributed by atoms with van der Waals surface area (Å²) in [4.78, 5) is 0. The Bertz CT molecular complexity index is 808. The van der Waals surface area contributed by atoms with E-state index in [4.69, 9.17) is 5.73 Å². The molecule has 2 heteroatoms. The number of benzene rings is 3. The monoisotopic (exact) mass is 387 g/mol. The van der Waals surface area contributed by atoms with Gasteiger partial charge in [0.2, 0.25) is 0 Å². The Hall–Kier alpha value is -1.39. The molecule has 3 rings (SSSR count). The Kier molecular flexibility index (Phi) is 4.00. The number of halogens is 1. The molecule has 0 aliphatic carbocycles. The first-order valence-electron chi connectivity index (χ1n) is 7.08. The molecule has 0 radical (unpaired) electrons. The third-order valence-electron chi connectivity index (χ3n) is 4.07. The molecule has 0 aliphatic heterocycles. The number of hydrogen-bond donors (Lipinski definition) is 1. The van der Waals surface area contributed by atoms with Crippen molar-refractivity contribution < 1.29 is 0 Å². The van der Waals surface area contributed by atoms with Gasteiger partial charge >= 0.3 is 0 Å². The summed E-state index contributed by atoms with van der Waals surface area (Å²) in [7, 11) is 0. The van der Waals surface area contributed by atoms with Gasteiger partial charge in [-0.05, 0) is 69.5 Å². The molecule has 0 aliphatic rings. The number of hydrogen-bond acceptors (Lipinski definition) is 1. The number of rotatable bonds is 2. The zero-order valence-corrected chi connectivity index (χ0v) is 14.4. The highest BCUT2D eigenvalue weighted by atomic mass is 127. The predicted octanol–water partition coefficient (Wildman–Crippen LogP) is 5.11. The second-order valence-corrected chi connectivity index (χ2v) is 6.55. The second-order valence-electron chi connectivity index (χ2n) is 5.47. The summed E-state index contributed by atoms with van der Waals surface area (Å²) in [5.74, 6) is 0. The van der Waals surface area contributed by atoms with Crippen LogP contribution in [0.15, 0.2) is 54.6 Å². The molecule has 0 amide bonds. The van der Waals surface area contributed by atoms with E-state index in [9.17, 15) is 0 Å². The van der Waals surface area contributed by atoms with Crippen LogP contribution in [0.5, 0.6) is 0 Å². The highest BCUT2D eigenvalue weighted by Crippen LogP contribution is 2.32. The van der Waals surface area contributed by atoms with Gasteiger partial charge in [0, 0.05) is 3.57 Å². The van der Waals surface area contributed by atoms with Gasteiger partial charge in [0.05, 0.1) is 6.04 Å². The fourth-order valence-corrected chi connectivity index (χ4v) is 3.52. The zero-order valence-electron chi connectivity index (χ0n) is 12.2. The molecule has 1 unspecified atom stereocenters. The van der Waals surface area contributed by atoms with Crippen LogP contribution in [0.25, 0.3) is 10.8 Å². The molecule has 0 bridgehead atoms. The molecule has 0 heterocycles. The van der Waals surface area contributed by atoms with Crippen molar-refractivity contribution in [2.24, 2.45) is 5.73 Å². The average molecular weight is 387 g/mol. The molecule has 3 aromatic rings. The molecule has 2 N–H and O–H groups in total. The van der Waals surface area contributed by atoms with Crippen molar-refractivity contribution in [3.63, 3.8) is 0 Å². The minimum atomic E-state index is -0.0951. The predicted molar refractivity (Wildman–Crippen MR) is 98.6 cm³/mol. The smallest absolute Gasteiger partial charge is 0.0568 e. The maximum Gasteiger partial charge on any atom is 0.0568 e. The largest absolute Gasteiger partial charge is 0.320 e. The van der Waals surface area contributed by atoms with Crippen molar-refractivity contribution in [2.45, 2.75) is 19.9 Å². The van der Waals surface area contributed by atoms with E-state index in [1.807, 2.05) is 0 Å². The first kappa shape index (κ1) is 14.5. The summed E-state index contributed by atoms with van der Waals surface area (Å²) < 4.78 is 1.26. The van der Waals surface area contributed by atoms with Crippen LogP contribution in [-0.2, 0) is 0 Å². The highest BCUT2D eigenvalue weighted by Gasteiger charge is 2.16. The molecule has 3 aromatic carbocycles. The van der Waals surface area contributed by atoms with Crippen molar-refractivity contribution in [3.05, 3.63) is 80.4 Å². The molecular formula is C19H18IN. The molecule has 0 spiro atoms. The average Bonchev–Trinajstić information content (AvgIpc) is 2.50. The lowest BCUT2D eigenvalue weighted by Gasteiger charge is -2.18. The van der Waals surface area contributed by atoms with Gasteiger partial charge in [0.15, 0.2) is 0 Å². The number of nitrogens with two attached hydrogens (primary N) is 1. The Morgan fingerprint density at radius 1 is 0.762 bits per heavy atom. The van der Waals surface area contributed by atoms with E-state index in [-0.39, 0.29) is 6.04 Å². The van der Waals surface area contributed by atoms with Crippen molar-refractivity contribution in [3.8, 4) is 0 Å². The van der Waals surface area contributed by atoms with Crippen LogP contribution in [0.2, 0.25) is 0 Å². The molecule has 1 nitrogen and oxygen atoms in total. The standard InChI is InChI=1S/C19H18IN/c1-12-10-11-16(15-8-4-3-7-14(12)15)19(21)17-9-5-6-13(2)18(17)20/h3-11,19H,21H2,1-2H3. The van der Waals surface area contributed by atoms with Crippen LogP contribution < -0.4 is 5.73 Å². The summed E-state index contributed by atoms with van der Waals surface area (Å²) in [5.41, 5.74) is 11.6. The minimum Gasteiger partial charge on any atom is -0.320 e. The quantitative estimate of drug-likeness (QED) is 0.608. The lowest BCUT2D eigenvalue weighted by atomic mass is 9.92. The maximum atomic E-state index is 6.60. The highest BCUT2D eigenvalue weighted by molar-refractivity contribution is 14.1. The first-order chi connectivity index (χ1) is 10.1. The summed E-state index contributed by atoms with van der Waals surface area (Å²) >= 11 is 2.40. The van der Waals surface area contributed by atoms with E-state index in [2.05, 4.69) is 91.0 Å². The van der Waals surface area contributed by atoms with Crippen LogP contribution in [0.1, 0.15) is 28.3 Å². The summed E-state index contributed by atoms with van der Waals surface area (Å²) in [6, 6.07) is 19.1. The normalized spacial score (nSPS) is 12.6. The Morgan fingerprint density at radius 2 is 1.48 bits per heavy atom. The van der Waals surface area contributed by atoms with Gasteiger partial charge in [-0.15, -0.1) is 0 Å². The van der Waals surface area contributed by atoms with Gasteiger partial charge in [-0.2, -0.15) is 0 Å². The number of fused-ring (bicyclic) bond motifs is 1. The van der Waals surface area contributed by atoms with E-state index in [0.717, 1.165) is 0 Å². The molecule has 0 aromatic heterocycles. The molecule has 1 atom stereocenters. The van der Waals surface area contributed by atoms with Crippen LogP contribution >= 0.6 is 22.6 Å². The Labute approximate surface area is 139 Å². The van der Waals surface area contributed by atoms with Gasteiger partial charge in [-0.1, -0.05) is 54.6 Å². The molecular weight excluding hydrogens is 369 g/mol. The fraction of sp³-hybridized carbons (Fsp3) is 0.158. The third kappa shape index (κ3) is 2.58. The van der Waals surface area contributed by atoms with Crippen LogP contribution in [0, 0.1) is 17.4 Å². The maximum absolute atomic E-state index is 6.60. The topological polar surface area (TPSA) is 26.0 Å². The van der Waals surface area contributed by atoms with Crippen molar-refractivity contribution in [2.75, 3.05) is 0 Å². The minimum absolute atomic E-state index is 0.0951. The molecule has 0 saturated heterocycles. The Balaban J connectivity index is 2.21. The van der Waals surface area contributed by atoms with E-state index in [1.165, 1.54) is 36.6 Å². The van der Waals surface area contributed by atoms with E-state index < -0.39 is 0 Å². The van der Waals surface area contributed by atoms with Crippen LogP contribution in [-0.4, -0.2) is 0 Å². The van der Waals surface area contributed by atoms with Gasteiger partial charge < -0.3 is 5.73 Å². The van der Waals surface area contributed by atoms with Crippen LogP contribution in [0.3, 0.4) is 0 Å². The molecule has 106 valence electrons. The Morgan fingerprint density at radius 3 is 2.24 bits per heavy atom. The van der Waals surface area contributed by atoms with E-state index in [0.29, 0.717) is 0 Å². The summed E-state index contributed by atoms with van der Waals surface area (Å²) in [6.07, 6.45) is 0. The van der Waals surface area contributed by atoms with Crippen LogP contribution in [0.4, 0.5) is 0 Å².